The predicted octanol–water partition coefficient (Wildman–Crippen LogP) is 2.11. The van der Waals surface area contributed by atoms with Crippen LogP contribution in [0.1, 0.15) is 39.5 Å². The molecule has 0 aromatic carbocycles. The Morgan fingerprint density at radius 2 is 1.50 bits per heavy atom. The maximum Gasteiger partial charge on any atom is 0.0173 e. The fourth-order valence-corrected chi connectivity index (χ4v) is 3.08. The topological polar surface area (TPSA) is 24.1 Å². The highest BCUT2D eigenvalue weighted by Gasteiger charge is 2.47. The van der Waals surface area contributed by atoms with Crippen LogP contribution < -0.4 is 10.6 Å². The summed E-state index contributed by atoms with van der Waals surface area (Å²) in [6, 6.07) is 0.726. The minimum atomic E-state index is 0. The van der Waals surface area contributed by atoms with Gasteiger partial charge in [-0.3, -0.25) is 0 Å². The van der Waals surface area contributed by atoms with Gasteiger partial charge in [0.2, 0.25) is 0 Å². The second-order valence-corrected chi connectivity index (χ2v) is 5.14. The zero-order valence-corrected chi connectivity index (χ0v) is 10.9. The largest absolute Gasteiger partial charge is 0.317 e. The minimum Gasteiger partial charge on any atom is -0.317 e. The molecule has 2 saturated heterocycles. The van der Waals surface area contributed by atoms with Crippen molar-refractivity contribution in [3.05, 3.63) is 0 Å². The number of fused-ring (bicyclic) bond motifs is 2. The van der Waals surface area contributed by atoms with Crippen LogP contribution in [-0.4, -0.2) is 24.2 Å². The molecule has 0 aromatic rings. The summed E-state index contributed by atoms with van der Waals surface area (Å²) in [7, 11) is 2.09. The Balaban J connectivity index is 0.000000845. The van der Waals surface area contributed by atoms with Crippen LogP contribution in [0.4, 0.5) is 0 Å². The van der Waals surface area contributed by atoms with Gasteiger partial charge in [-0.05, 0) is 46.6 Å². The summed E-state index contributed by atoms with van der Waals surface area (Å²) in [6.45, 7) is 4.73. The highest BCUT2D eigenvalue weighted by atomic mass is 35.5. The van der Waals surface area contributed by atoms with E-state index in [-0.39, 0.29) is 24.8 Å². The lowest BCUT2D eigenvalue weighted by atomic mass is 9.85. The molecular formula is C10H22Cl2N2. The van der Waals surface area contributed by atoms with E-state index in [1.807, 2.05) is 0 Å². The van der Waals surface area contributed by atoms with Crippen LogP contribution in [0.3, 0.4) is 0 Å². The minimum absolute atomic E-state index is 0. The van der Waals surface area contributed by atoms with Gasteiger partial charge in [0.25, 0.3) is 0 Å². The SMILES string of the molecule is CN[C@@H]1C[C@]2(C)CC[C@](C)(C1)N2.Cl.Cl. The molecule has 2 rings (SSSR count). The van der Waals surface area contributed by atoms with Crippen molar-refractivity contribution >= 4 is 24.8 Å². The quantitative estimate of drug-likeness (QED) is 0.734. The fourth-order valence-electron chi connectivity index (χ4n) is 3.08. The summed E-state index contributed by atoms with van der Waals surface area (Å²) in [5.74, 6) is 0. The van der Waals surface area contributed by atoms with E-state index in [4.69, 9.17) is 0 Å². The van der Waals surface area contributed by atoms with E-state index in [1.54, 1.807) is 0 Å². The highest BCUT2D eigenvalue weighted by molar-refractivity contribution is 5.85. The number of rotatable bonds is 1. The Morgan fingerprint density at radius 1 is 1.07 bits per heavy atom. The first-order valence-electron chi connectivity index (χ1n) is 5.02. The zero-order chi connectivity index (χ0) is 8.82. The Labute approximate surface area is 99.4 Å². The van der Waals surface area contributed by atoms with Gasteiger partial charge in [-0.15, -0.1) is 24.8 Å². The van der Waals surface area contributed by atoms with Crippen molar-refractivity contribution < 1.29 is 0 Å². The van der Waals surface area contributed by atoms with E-state index in [0.29, 0.717) is 11.1 Å². The average molecular weight is 241 g/mol. The predicted molar refractivity (Wildman–Crippen MR) is 65.8 cm³/mol. The number of piperidine rings is 1. The molecule has 2 heterocycles. The van der Waals surface area contributed by atoms with E-state index < -0.39 is 0 Å². The van der Waals surface area contributed by atoms with Gasteiger partial charge in [0, 0.05) is 17.1 Å². The van der Waals surface area contributed by atoms with Gasteiger partial charge in [0.05, 0.1) is 0 Å². The monoisotopic (exact) mass is 240 g/mol. The van der Waals surface area contributed by atoms with Crippen LogP contribution in [0.25, 0.3) is 0 Å². The molecule has 0 unspecified atom stereocenters. The first-order valence-corrected chi connectivity index (χ1v) is 5.02. The van der Waals surface area contributed by atoms with E-state index in [2.05, 4.69) is 31.5 Å². The summed E-state index contributed by atoms with van der Waals surface area (Å²) in [5.41, 5.74) is 0.835. The number of hydrogen-bond acceptors (Lipinski definition) is 2. The van der Waals surface area contributed by atoms with Crippen molar-refractivity contribution in [3.63, 3.8) is 0 Å². The molecule has 3 atom stereocenters. The normalized spacial score (nSPS) is 45.2. The molecule has 2 bridgehead atoms. The zero-order valence-electron chi connectivity index (χ0n) is 9.22. The molecule has 2 nitrogen and oxygen atoms in total. The summed E-state index contributed by atoms with van der Waals surface area (Å²) in [4.78, 5) is 0. The summed E-state index contributed by atoms with van der Waals surface area (Å²) >= 11 is 0. The van der Waals surface area contributed by atoms with Crippen molar-refractivity contribution in [2.75, 3.05) is 7.05 Å². The average Bonchev–Trinajstić information content (AvgIpc) is 2.20. The third-order valence-corrected chi connectivity index (χ3v) is 3.63. The molecule has 2 fully saturated rings. The van der Waals surface area contributed by atoms with Crippen molar-refractivity contribution in [1.29, 1.82) is 0 Å². The van der Waals surface area contributed by atoms with Crippen LogP contribution in [0.2, 0.25) is 0 Å². The van der Waals surface area contributed by atoms with Gasteiger partial charge < -0.3 is 10.6 Å². The molecule has 0 radical (unpaired) electrons. The maximum absolute atomic E-state index is 3.77. The van der Waals surface area contributed by atoms with E-state index >= 15 is 0 Å². The van der Waals surface area contributed by atoms with Crippen LogP contribution in [0.5, 0.6) is 0 Å². The summed E-state index contributed by atoms with van der Waals surface area (Å²) < 4.78 is 0. The van der Waals surface area contributed by atoms with Gasteiger partial charge in [-0.2, -0.15) is 0 Å². The van der Waals surface area contributed by atoms with Gasteiger partial charge in [-0.1, -0.05) is 0 Å². The van der Waals surface area contributed by atoms with E-state index in [0.717, 1.165) is 6.04 Å². The van der Waals surface area contributed by atoms with Crippen molar-refractivity contribution in [3.8, 4) is 0 Å². The van der Waals surface area contributed by atoms with E-state index in [9.17, 15) is 0 Å². The number of halogens is 2. The van der Waals surface area contributed by atoms with Crippen LogP contribution in [-0.2, 0) is 0 Å². The first-order chi connectivity index (χ1) is 5.55. The molecule has 2 N–H and O–H groups in total. The second-order valence-electron chi connectivity index (χ2n) is 5.14. The van der Waals surface area contributed by atoms with Gasteiger partial charge in [0.1, 0.15) is 0 Å². The summed E-state index contributed by atoms with van der Waals surface area (Å²) in [5, 5.41) is 7.18. The maximum atomic E-state index is 3.77. The van der Waals surface area contributed by atoms with Crippen LogP contribution >= 0.6 is 24.8 Å². The number of hydrogen-bond donors (Lipinski definition) is 2. The van der Waals surface area contributed by atoms with Crippen LogP contribution in [0, 0.1) is 0 Å². The lowest BCUT2D eigenvalue weighted by Gasteiger charge is -2.41. The van der Waals surface area contributed by atoms with E-state index in [1.165, 1.54) is 25.7 Å². The van der Waals surface area contributed by atoms with Gasteiger partial charge >= 0.3 is 0 Å². The third kappa shape index (κ3) is 2.54. The molecule has 0 spiro atoms. The Morgan fingerprint density at radius 3 is 1.86 bits per heavy atom. The highest BCUT2D eigenvalue weighted by Crippen LogP contribution is 2.41. The molecule has 86 valence electrons. The first kappa shape index (κ1) is 14.5. The molecule has 14 heavy (non-hydrogen) atoms. The molecular weight excluding hydrogens is 219 g/mol. The van der Waals surface area contributed by atoms with Gasteiger partial charge in [0.15, 0.2) is 0 Å². The molecule has 0 aliphatic carbocycles. The molecule has 4 heteroatoms. The standard InChI is InChI=1S/C10H20N2.2ClH/c1-9-4-5-10(2,12-9)7-8(6-9)11-3;;/h8,11-12H,4-7H2,1-3H3;2*1H/t8-,9+,10-;;. The Hall–Kier alpha value is 0.500. The molecule has 0 saturated carbocycles. The second kappa shape index (κ2) is 4.56. The lowest BCUT2D eigenvalue weighted by molar-refractivity contribution is 0.195. The summed E-state index contributed by atoms with van der Waals surface area (Å²) in [6.07, 6.45) is 5.28. The van der Waals surface area contributed by atoms with Crippen molar-refractivity contribution in [1.82, 2.24) is 10.6 Å². The Bertz CT molecular complexity index is 183. The number of nitrogens with one attached hydrogen (secondary N) is 2. The molecule has 2 aliphatic rings. The van der Waals surface area contributed by atoms with Crippen molar-refractivity contribution in [2.24, 2.45) is 0 Å². The molecule has 2 aliphatic heterocycles. The smallest absolute Gasteiger partial charge is 0.0173 e. The molecule has 0 aromatic heterocycles. The third-order valence-electron chi connectivity index (χ3n) is 3.63. The van der Waals surface area contributed by atoms with Gasteiger partial charge in [-0.25, -0.2) is 0 Å². The lowest BCUT2D eigenvalue weighted by Crippen LogP contribution is -2.57. The van der Waals surface area contributed by atoms with Crippen molar-refractivity contribution in [2.45, 2.75) is 56.7 Å². The van der Waals surface area contributed by atoms with Crippen LogP contribution in [0.15, 0.2) is 0 Å². The molecule has 0 amide bonds. The fraction of sp³-hybridized carbons (Fsp3) is 1.00. The Kier molecular flexibility index (Phi) is 4.73.